The van der Waals surface area contributed by atoms with Gasteiger partial charge in [0.15, 0.2) is 11.5 Å². The molecule has 1 aromatic heterocycles. The van der Waals surface area contributed by atoms with Crippen molar-refractivity contribution in [2.75, 3.05) is 18.9 Å². The standard InChI is InChI=1S/C13H13NO2S/c1-8-2-3-13(17-8)9-6-11-12(7-10(9)14)16-5-4-15-11/h2-3,6-7H,4-5,14H2,1H3. The zero-order valence-corrected chi connectivity index (χ0v) is 10.3. The fourth-order valence-corrected chi connectivity index (χ4v) is 2.80. The third-order valence-corrected chi connectivity index (χ3v) is 3.75. The molecule has 0 saturated heterocycles. The van der Waals surface area contributed by atoms with Gasteiger partial charge in [-0.1, -0.05) is 0 Å². The van der Waals surface area contributed by atoms with Gasteiger partial charge in [-0.3, -0.25) is 0 Å². The molecular weight excluding hydrogens is 234 g/mol. The van der Waals surface area contributed by atoms with Crippen molar-refractivity contribution in [3.8, 4) is 21.9 Å². The van der Waals surface area contributed by atoms with Crippen LogP contribution >= 0.6 is 11.3 Å². The lowest BCUT2D eigenvalue weighted by Gasteiger charge is -2.19. The second kappa shape index (κ2) is 3.96. The molecule has 0 aliphatic carbocycles. The zero-order valence-electron chi connectivity index (χ0n) is 9.53. The monoisotopic (exact) mass is 247 g/mol. The van der Waals surface area contributed by atoms with Crippen molar-refractivity contribution in [2.24, 2.45) is 0 Å². The van der Waals surface area contributed by atoms with Crippen LogP contribution in [0, 0.1) is 6.92 Å². The molecule has 0 atom stereocenters. The van der Waals surface area contributed by atoms with E-state index in [-0.39, 0.29) is 0 Å². The van der Waals surface area contributed by atoms with Gasteiger partial charge in [0, 0.05) is 27.1 Å². The molecule has 0 radical (unpaired) electrons. The molecule has 0 amide bonds. The number of fused-ring (bicyclic) bond motifs is 1. The molecule has 3 rings (SSSR count). The number of nitrogens with two attached hydrogens (primary N) is 1. The van der Waals surface area contributed by atoms with Crippen LogP contribution in [-0.4, -0.2) is 13.2 Å². The lowest BCUT2D eigenvalue weighted by atomic mass is 10.1. The largest absolute Gasteiger partial charge is 0.486 e. The number of rotatable bonds is 1. The Kier molecular flexibility index (Phi) is 2.44. The number of thiophene rings is 1. The van der Waals surface area contributed by atoms with E-state index < -0.39 is 0 Å². The van der Waals surface area contributed by atoms with Gasteiger partial charge in [-0.05, 0) is 25.1 Å². The minimum atomic E-state index is 0.587. The molecule has 1 aliphatic rings. The molecule has 0 spiro atoms. The summed E-state index contributed by atoms with van der Waals surface area (Å²) in [6, 6.07) is 7.99. The van der Waals surface area contributed by atoms with E-state index in [2.05, 4.69) is 19.1 Å². The highest BCUT2D eigenvalue weighted by molar-refractivity contribution is 7.15. The van der Waals surface area contributed by atoms with E-state index >= 15 is 0 Å². The summed E-state index contributed by atoms with van der Waals surface area (Å²) in [4.78, 5) is 2.44. The molecule has 88 valence electrons. The highest BCUT2D eigenvalue weighted by atomic mass is 32.1. The molecule has 0 bridgehead atoms. The van der Waals surface area contributed by atoms with E-state index in [9.17, 15) is 0 Å². The minimum Gasteiger partial charge on any atom is -0.486 e. The van der Waals surface area contributed by atoms with Crippen molar-refractivity contribution in [3.05, 3.63) is 29.1 Å². The molecule has 3 nitrogen and oxygen atoms in total. The average Bonchev–Trinajstić information content (AvgIpc) is 2.75. The Hall–Kier alpha value is -1.68. The number of ether oxygens (including phenoxy) is 2. The maximum atomic E-state index is 6.06. The SMILES string of the molecule is Cc1ccc(-c2cc3c(cc2N)OCCO3)s1. The van der Waals surface area contributed by atoms with Crippen molar-refractivity contribution in [1.29, 1.82) is 0 Å². The summed E-state index contributed by atoms with van der Waals surface area (Å²) in [5, 5.41) is 0. The maximum Gasteiger partial charge on any atom is 0.163 e. The first kappa shape index (κ1) is 10.5. The number of nitrogen functional groups attached to an aromatic ring is 1. The average molecular weight is 247 g/mol. The molecule has 1 aromatic carbocycles. The van der Waals surface area contributed by atoms with Crippen LogP contribution in [0.2, 0.25) is 0 Å². The molecule has 2 heterocycles. The summed E-state index contributed by atoms with van der Waals surface area (Å²) in [5.74, 6) is 1.53. The van der Waals surface area contributed by atoms with Crippen LogP contribution < -0.4 is 15.2 Å². The third kappa shape index (κ3) is 1.85. The van der Waals surface area contributed by atoms with E-state index in [4.69, 9.17) is 15.2 Å². The van der Waals surface area contributed by atoms with Crippen molar-refractivity contribution >= 4 is 17.0 Å². The summed E-state index contributed by atoms with van der Waals surface area (Å²) >= 11 is 1.73. The van der Waals surface area contributed by atoms with Gasteiger partial charge in [-0.15, -0.1) is 11.3 Å². The van der Waals surface area contributed by atoms with Crippen LogP contribution in [-0.2, 0) is 0 Å². The second-order valence-corrected chi connectivity index (χ2v) is 5.28. The lowest BCUT2D eigenvalue weighted by Crippen LogP contribution is -2.15. The van der Waals surface area contributed by atoms with E-state index in [0.717, 1.165) is 27.6 Å². The smallest absolute Gasteiger partial charge is 0.163 e. The molecule has 2 aromatic rings. The maximum absolute atomic E-state index is 6.06. The van der Waals surface area contributed by atoms with E-state index in [1.807, 2.05) is 12.1 Å². The molecule has 17 heavy (non-hydrogen) atoms. The Morgan fingerprint density at radius 2 is 1.82 bits per heavy atom. The normalized spacial score (nSPS) is 13.7. The van der Waals surface area contributed by atoms with Gasteiger partial charge in [-0.2, -0.15) is 0 Å². The number of hydrogen-bond donors (Lipinski definition) is 1. The predicted octanol–water partition coefficient (Wildman–Crippen LogP) is 3.08. The zero-order chi connectivity index (χ0) is 11.8. The first-order valence-electron chi connectivity index (χ1n) is 5.50. The summed E-state index contributed by atoms with van der Waals surface area (Å²) < 4.78 is 11.1. The predicted molar refractivity (Wildman–Crippen MR) is 69.9 cm³/mol. The summed E-state index contributed by atoms with van der Waals surface area (Å²) in [5.41, 5.74) is 7.81. The number of benzene rings is 1. The van der Waals surface area contributed by atoms with Crippen molar-refractivity contribution in [3.63, 3.8) is 0 Å². The highest BCUT2D eigenvalue weighted by Gasteiger charge is 2.16. The van der Waals surface area contributed by atoms with Crippen molar-refractivity contribution in [1.82, 2.24) is 0 Å². The van der Waals surface area contributed by atoms with Gasteiger partial charge < -0.3 is 15.2 Å². The van der Waals surface area contributed by atoms with Crippen LogP contribution in [0.3, 0.4) is 0 Å². The summed E-state index contributed by atoms with van der Waals surface area (Å²) in [6.07, 6.45) is 0. The molecule has 1 aliphatic heterocycles. The molecular formula is C13H13NO2S. The third-order valence-electron chi connectivity index (χ3n) is 2.72. The van der Waals surface area contributed by atoms with Crippen molar-refractivity contribution in [2.45, 2.75) is 6.92 Å². The molecule has 0 unspecified atom stereocenters. The number of aryl methyl sites for hydroxylation is 1. The Labute approximate surface area is 104 Å². The van der Waals surface area contributed by atoms with E-state index in [1.165, 1.54) is 4.88 Å². The Morgan fingerprint density at radius 1 is 1.12 bits per heavy atom. The van der Waals surface area contributed by atoms with Gasteiger partial charge in [-0.25, -0.2) is 0 Å². The molecule has 2 N–H and O–H groups in total. The van der Waals surface area contributed by atoms with Crippen LogP contribution in [0.1, 0.15) is 4.88 Å². The fourth-order valence-electron chi connectivity index (χ4n) is 1.90. The quantitative estimate of drug-likeness (QED) is 0.788. The van der Waals surface area contributed by atoms with Crippen LogP contribution in [0.25, 0.3) is 10.4 Å². The second-order valence-electron chi connectivity index (χ2n) is 3.99. The molecule has 0 fully saturated rings. The molecule has 4 heteroatoms. The lowest BCUT2D eigenvalue weighted by molar-refractivity contribution is 0.172. The topological polar surface area (TPSA) is 44.5 Å². The van der Waals surface area contributed by atoms with Gasteiger partial charge in [0.1, 0.15) is 13.2 Å². The van der Waals surface area contributed by atoms with Crippen LogP contribution in [0.4, 0.5) is 5.69 Å². The fraction of sp³-hybridized carbons (Fsp3) is 0.231. The Bertz CT molecular complexity index is 563. The van der Waals surface area contributed by atoms with Gasteiger partial charge in [0.2, 0.25) is 0 Å². The molecule has 0 saturated carbocycles. The Morgan fingerprint density at radius 3 is 2.47 bits per heavy atom. The van der Waals surface area contributed by atoms with Gasteiger partial charge >= 0.3 is 0 Å². The number of anilines is 1. The first-order chi connectivity index (χ1) is 8.24. The first-order valence-corrected chi connectivity index (χ1v) is 6.31. The van der Waals surface area contributed by atoms with Crippen LogP contribution in [0.15, 0.2) is 24.3 Å². The van der Waals surface area contributed by atoms with Crippen LogP contribution in [0.5, 0.6) is 11.5 Å². The van der Waals surface area contributed by atoms with Crippen molar-refractivity contribution < 1.29 is 9.47 Å². The highest BCUT2D eigenvalue weighted by Crippen LogP contribution is 2.40. The van der Waals surface area contributed by atoms with Gasteiger partial charge in [0.25, 0.3) is 0 Å². The number of hydrogen-bond acceptors (Lipinski definition) is 4. The van der Waals surface area contributed by atoms with Gasteiger partial charge in [0.05, 0.1) is 0 Å². The Balaban J connectivity index is 2.11. The minimum absolute atomic E-state index is 0.587. The summed E-state index contributed by atoms with van der Waals surface area (Å²) in [6.45, 7) is 3.27. The van der Waals surface area contributed by atoms with E-state index in [1.54, 1.807) is 11.3 Å². The van der Waals surface area contributed by atoms with E-state index in [0.29, 0.717) is 13.2 Å². The summed E-state index contributed by atoms with van der Waals surface area (Å²) in [7, 11) is 0.